The van der Waals surface area contributed by atoms with E-state index in [2.05, 4.69) is 43.3 Å². The molecule has 0 aromatic carbocycles. The lowest BCUT2D eigenvalue weighted by Gasteiger charge is -2.07. The van der Waals surface area contributed by atoms with Crippen LogP contribution in [0.4, 0.5) is 5.82 Å². The maximum atomic E-state index is 12.2. The van der Waals surface area contributed by atoms with Gasteiger partial charge in [0.25, 0.3) is 5.91 Å². The van der Waals surface area contributed by atoms with Crippen molar-refractivity contribution >= 4 is 11.7 Å². The smallest absolute Gasteiger partial charge is 0.251 e. The second kappa shape index (κ2) is 3.97. The molecular weight excluding hydrogens is 226 g/mol. The van der Waals surface area contributed by atoms with Crippen molar-refractivity contribution in [2.75, 3.05) is 12.4 Å². The van der Waals surface area contributed by atoms with Gasteiger partial charge in [-0.05, 0) is 23.0 Å². The molecule has 0 spiro atoms. The van der Waals surface area contributed by atoms with E-state index in [-0.39, 0.29) is 22.8 Å². The number of nitrogens with one attached hydrogen (secondary N) is 2. The molecule has 0 saturated heterocycles. The number of hydrogen-bond donors (Lipinski definition) is 2. The highest BCUT2D eigenvalue weighted by atomic mass is 16.1. The lowest BCUT2D eigenvalue weighted by molar-refractivity contribution is 0.0943. The number of carbonyl (C=O) groups is 1. The van der Waals surface area contributed by atoms with Gasteiger partial charge in [0, 0.05) is 24.8 Å². The summed E-state index contributed by atoms with van der Waals surface area (Å²) in [5.74, 6) is 0.675. The summed E-state index contributed by atoms with van der Waals surface area (Å²) in [6, 6.07) is 3.72. The van der Waals surface area contributed by atoms with Gasteiger partial charge < -0.3 is 10.6 Å². The molecule has 1 aromatic heterocycles. The predicted octanol–water partition coefficient (Wildman–Crippen LogP) is 2.29. The van der Waals surface area contributed by atoms with Crippen molar-refractivity contribution in [2.45, 2.75) is 33.7 Å². The highest BCUT2D eigenvalue weighted by molar-refractivity contribution is 5.95. The monoisotopic (exact) mass is 247 g/mol. The van der Waals surface area contributed by atoms with Gasteiger partial charge in [-0.2, -0.15) is 0 Å². The van der Waals surface area contributed by atoms with Crippen LogP contribution in [0.1, 0.15) is 38.1 Å². The molecule has 0 atom stereocenters. The molecule has 4 nitrogen and oxygen atoms in total. The number of nitrogens with zero attached hydrogens (tertiary/aromatic N) is 1. The Kier molecular flexibility index (Phi) is 2.84. The maximum absolute atomic E-state index is 12.2. The van der Waals surface area contributed by atoms with Crippen molar-refractivity contribution in [1.82, 2.24) is 10.3 Å². The molecule has 2 rings (SSSR count). The van der Waals surface area contributed by atoms with Gasteiger partial charge in [0.05, 0.1) is 0 Å². The van der Waals surface area contributed by atoms with E-state index in [1.54, 1.807) is 25.4 Å². The number of rotatable bonds is 3. The van der Waals surface area contributed by atoms with Crippen molar-refractivity contribution < 1.29 is 4.79 Å². The SMILES string of the molecule is CNc1cc(C(=O)NC2C(C)(C)C2(C)C)ccn1. The van der Waals surface area contributed by atoms with Gasteiger partial charge in [0.2, 0.25) is 0 Å². The van der Waals surface area contributed by atoms with Crippen molar-refractivity contribution in [2.24, 2.45) is 10.8 Å². The summed E-state index contributed by atoms with van der Waals surface area (Å²) in [6.45, 7) is 8.74. The van der Waals surface area contributed by atoms with Gasteiger partial charge in [0.15, 0.2) is 0 Å². The minimum atomic E-state index is -0.0300. The predicted molar refractivity (Wildman–Crippen MR) is 72.6 cm³/mol. The van der Waals surface area contributed by atoms with Crippen LogP contribution in [0, 0.1) is 10.8 Å². The fraction of sp³-hybridized carbons (Fsp3) is 0.571. The molecule has 1 aliphatic carbocycles. The van der Waals surface area contributed by atoms with E-state index in [9.17, 15) is 4.79 Å². The summed E-state index contributed by atoms with van der Waals surface area (Å²) in [5, 5.41) is 6.04. The summed E-state index contributed by atoms with van der Waals surface area (Å²) >= 11 is 0. The zero-order chi connectivity index (χ0) is 13.6. The Morgan fingerprint density at radius 2 is 1.89 bits per heavy atom. The Morgan fingerprint density at radius 3 is 2.39 bits per heavy atom. The number of carbonyl (C=O) groups excluding carboxylic acids is 1. The standard InChI is InChI=1S/C14H21N3O/c1-13(2)12(14(13,3)4)17-11(18)9-6-7-16-10(8-9)15-5/h6-8,12H,1-5H3,(H,15,16)(H,17,18). The molecule has 0 radical (unpaired) electrons. The minimum Gasteiger partial charge on any atom is -0.373 e. The van der Waals surface area contributed by atoms with Gasteiger partial charge in [-0.15, -0.1) is 0 Å². The van der Waals surface area contributed by atoms with Gasteiger partial charge in [0.1, 0.15) is 5.82 Å². The second-order valence-electron chi connectivity index (χ2n) is 6.03. The summed E-state index contributed by atoms with van der Waals surface area (Å²) < 4.78 is 0. The van der Waals surface area contributed by atoms with Crippen LogP contribution in [-0.2, 0) is 0 Å². The average Bonchev–Trinajstić information content (AvgIpc) is 2.71. The normalized spacial score (nSPS) is 20.3. The molecule has 1 heterocycles. The second-order valence-corrected chi connectivity index (χ2v) is 6.03. The molecule has 98 valence electrons. The lowest BCUT2D eigenvalue weighted by Crippen LogP contribution is -2.29. The first-order valence-corrected chi connectivity index (χ1v) is 6.25. The minimum absolute atomic E-state index is 0.0300. The average molecular weight is 247 g/mol. The molecule has 0 bridgehead atoms. The Hall–Kier alpha value is -1.58. The number of amides is 1. The Morgan fingerprint density at radius 1 is 1.28 bits per heavy atom. The van der Waals surface area contributed by atoms with E-state index >= 15 is 0 Å². The molecule has 1 saturated carbocycles. The third kappa shape index (κ3) is 1.85. The van der Waals surface area contributed by atoms with Gasteiger partial charge in [-0.1, -0.05) is 27.7 Å². The molecule has 4 heteroatoms. The number of pyridine rings is 1. The highest BCUT2D eigenvalue weighted by Gasteiger charge is 2.65. The van der Waals surface area contributed by atoms with Crippen LogP contribution < -0.4 is 10.6 Å². The first kappa shape index (κ1) is 12.9. The van der Waals surface area contributed by atoms with Crippen molar-refractivity contribution in [3.05, 3.63) is 23.9 Å². The number of anilines is 1. The molecule has 1 amide bonds. The Balaban J connectivity index is 2.10. The van der Waals surface area contributed by atoms with Crippen LogP contribution >= 0.6 is 0 Å². The summed E-state index contributed by atoms with van der Waals surface area (Å²) in [4.78, 5) is 16.3. The maximum Gasteiger partial charge on any atom is 0.251 e. The molecule has 1 fully saturated rings. The molecule has 0 unspecified atom stereocenters. The van der Waals surface area contributed by atoms with Crippen LogP contribution in [0.5, 0.6) is 0 Å². The van der Waals surface area contributed by atoms with E-state index in [1.165, 1.54) is 0 Å². The molecule has 1 aliphatic rings. The third-order valence-corrected chi connectivity index (χ3v) is 4.57. The van der Waals surface area contributed by atoms with Gasteiger partial charge in [-0.25, -0.2) is 4.98 Å². The summed E-state index contributed by atoms with van der Waals surface area (Å²) in [7, 11) is 1.79. The van der Waals surface area contributed by atoms with E-state index in [1.807, 2.05) is 0 Å². The van der Waals surface area contributed by atoms with Gasteiger partial charge >= 0.3 is 0 Å². The number of hydrogen-bond acceptors (Lipinski definition) is 3. The molecule has 1 aromatic rings. The quantitative estimate of drug-likeness (QED) is 0.861. The highest BCUT2D eigenvalue weighted by Crippen LogP contribution is 2.62. The third-order valence-electron chi connectivity index (χ3n) is 4.57. The lowest BCUT2D eigenvalue weighted by atomic mass is 10.0. The Labute approximate surface area is 108 Å². The van der Waals surface area contributed by atoms with Crippen LogP contribution in [-0.4, -0.2) is 24.0 Å². The van der Waals surface area contributed by atoms with E-state index in [4.69, 9.17) is 0 Å². The van der Waals surface area contributed by atoms with Crippen molar-refractivity contribution in [3.8, 4) is 0 Å². The van der Waals surface area contributed by atoms with E-state index < -0.39 is 0 Å². The molecule has 18 heavy (non-hydrogen) atoms. The fourth-order valence-corrected chi connectivity index (χ4v) is 2.48. The summed E-state index contributed by atoms with van der Waals surface area (Å²) in [6.07, 6.45) is 1.64. The molecular formula is C14H21N3O. The van der Waals surface area contributed by atoms with Gasteiger partial charge in [-0.3, -0.25) is 4.79 Å². The Bertz CT molecular complexity index is 466. The zero-order valence-corrected chi connectivity index (χ0v) is 11.7. The van der Waals surface area contributed by atoms with Crippen molar-refractivity contribution in [1.29, 1.82) is 0 Å². The van der Waals surface area contributed by atoms with E-state index in [0.29, 0.717) is 11.4 Å². The largest absolute Gasteiger partial charge is 0.373 e. The zero-order valence-electron chi connectivity index (χ0n) is 11.7. The van der Waals surface area contributed by atoms with Crippen LogP contribution in [0.2, 0.25) is 0 Å². The molecule has 0 aliphatic heterocycles. The fourth-order valence-electron chi connectivity index (χ4n) is 2.48. The van der Waals surface area contributed by atoms with E-state index in [0.717, 1.165) is 0 Å². The van der Waals surface area contributed by atoms with Crippen LogP contribution in [0.3, 0.4) is 0 Å². The van der Waals surface area contributed by atoms with Crippen LogP contribution in [0.15, 0.2) is 18.3 Å². The molecule has 2 N–H and O–H groups in total. The summed E-state index contributed by atoms with van der Waals surface area (Å²) in [5.41, 5.74) is 0.955. The number of aromatic nitrogens is 1. The first-order chi connectivity index (χ1) is 8.30. The first-order valence-electron chi connectivity index (χ1n) is 6.25. The van der Waals surface area contributed by atoms with Crippen LogP contribution in [0.25, 0.3) is 0 Å². The topological polar surface area (TPSA) is 54.0 Å². The van der Waals surface area contributed by atoms with Crippen molar-refractivity contribution in [3.63, 3.8) is 0 Å².